The van der Waals surface area contributed by atoms with Gasteiger partial charge in [0.2, 0.25) is 0 Å². The Morgan fingerprint density at radius 2 is 2.05 bits per heavy atom. The van der Waals surface area contributed by atoms with Crippen LogP contribution >= 0.6 is 0 Å². The van der Waals surface area contributed by atoms with Crippen molar-refractivity contribution in [3.05, 3.63) is 58.5 Å². The molecule has 0 fully saturated rings. The summed E-state index contributed by atoms with van der Waals surface area (Å²) in [4.78, 5) is 16.1. The third kappa shape index (κ3) is 4.02. The number of nitrogens with two attached hydrogens (primary N) is 1. The van der Waals surface area contributed by atoms with Gasteiger partial charge in [0.15, 0.2) is 0 Å². The van der Waals surface area contributed by atoms with Crippen LogP contribution in [0.2, 0.25) is 0 Å². The number of nitrogens with one attached hydrogen (secondary N) is 1. The Kier molecular flexibility index (Phi) is 4.52. The van der Waals surface area contributed by atoms with Gasteiger partial charge in [0.25, 0.3) is 5.91 Å². The molecule has 2 aromatic rings. The van der Waals surface area contributed by atoms with E-state index in [4.69, 9.17) is 5.73 Å². The molecule has 5 heteroatoms. The van der Waals surface area contributed by atoms with Crippen LogP contribution in [0.25, 0.3) is 0 Å². The molecule has 0 atom stereocenters. The fourth-order valence-electron chi connectivity index (χ4n) is 2.18. The average Bonchev–Trinajstić information content (AvgIpc) is 2.40. The number of anilines is 1. The van der Waals surface area contributed by atoms with E-state index < -0.39 is 0 Å². The minimum atomic E-state index is -0.247. The molecule has 1 amide bonds. The van der Waals surface area contributed by atoms with Gasteiger partial charge < -0.3 is 11.1 Å². The van der Waals surface area contributed by atoms with Gasteiger partial charge in [-0.25, -0.2) is 9.37 Å². The lowest BCUT2D eigenvalue weighted by Crippen LogP contribution is -2.26. The first-order chi connectivity index (χ1) is 9.95. The number of hydrogen-bond acceptors (Lipinski definition) is 3. The minimum Gasteiger partial charge on any atom is -0.384 e. The maximum atomic E-state index is 13.0. The highest BCUT2D eigenvalue weighted by molar-refractivity contribution is 5.94. The quantitative estimate of drug-likeness (QED) is 0.907. The Hall–Kier alpha value is -2.43. The maximum absolute atomic E-state index is 13.0. The van der Waals surface area contributed by atoms with Crippen molar-refractivity contribution in [1.82, 2.24) is 10.3 Å². The van der Waals surface area contributed by atoms with E-state index in [1.54, 1.807) is 25.1 Å². The smallest absolute Gasteiger partial charge is 0.251 e. The van der Waals surface area contributed by atoms with Crippen molar-refractivity contribution in [1.29, 1.82) is 0 Å². The van der Waals surface area contributed by atoms with Crippen LogP contribution in [0.3, 0.4) is 0 Å². The molecule has 2 rings (SSSR count). The van der Waals surface area contributed by atoms with E-state index in [0.717, 1.165) is 11.1 Å². The van der Waals surface area contributed by atoms with Gasteiger partial charge >= 0.3 is 0 Å². The van der Waals surface area contributed by atoms with Crippen LogP contribution in [-0.4, -0.2) is 17.4 Å². The zero-order valence-electron chi connectivity index (χ0n) is 12.1. The summed E-state index contributed by atoms with van der Waals surface area (Å²) >= 11 is 0. The molecule has 0 saturated heterocycles. The fraction of sp³-hybridized carbons (Fsp3) is 0.250. The number of carbonyl (C=O) groups excluding carboxylic acids is 1. The van der Waals surface area contributed by atoms with Crippen LogP contribution < -0.4 is 11.1 Å². The van der Waals surface area contributed by atoms with Crippen LogP contribution in [0.4, 0.5) is 10.2 Å². The molecule has 21 heavy (non-hydrogen) atoms. The largest absolute Gasteiger partial charge is 0.384 e. The van der Waals surface area contributed by atoms with Crippen molar-refractivity contribution in [2.45, 2.75) is 20.3 Å². The van der Waals surface area contributed by atoms with Crippen LogP contribution in [0.5, 0.6) is 0 Å². The first-order valence-electron chi connectivity index (χ1n) is 6.73. The van der Waals surface area contributed by atoms with Gasteiger partial charge in [0.1, 0.15) is 11.6 Å². The van der Waals surface area contributed by atoms with Gasteiger partial charge in [-0.2, -0.15) is 0 Å². The standard InChI is InChI=1S/C16H18FN3O/c1-10-7-14(17)4-3-12(10)5-6-19-16(21)13-8-11(2)20-15(18)9-13/h3-4,7-9H,5-6H2,1-2H3,(H2,18,20)(H,19,21). The van der Waals surface area contributed by atoms with Crippen molar-refractivity contribution >= 4 is 11.7 Å². The van der Waals surface area contributed by atoms with Gasteiger partial charge in [-0.3, -0.25) is 4.79 Å². The number of rotatable bonds is 4. The van der Waals surface area contributed by atoms with Crippen molar-refractivity contribution < 1.29 is 9.18 Å². The first-order valence-corrected chi connectivity index (χ1v) is 6.73. The van der Waals surface area contributed by atoms with E-state index >= 15 is 0 Å². The zero-order chi connectivity index (χ0) is 15.4. The van der Waals surface area contributed by atoms with E-state index in [9.17, 15) is 9.18 Å². The Balaban J connectivity index is 1.95. The molecule has 1 heterocycles. The Morgan fingerprint density at radius 1 is 1.29 bits per heavy atom. The number of nitrogen functional groups attached to an aromatic ring is 1. The molecule has 0 aliphatic rings. The summed E-state index contributed by atoms with van der Waals surface area (Å²) in [6.07, 6.45) is 0.650. The maximum Gasteiger partial charge on any atom is 0.251 e. The highest BCUT2D eigenvalue weighted by Gasteiger charge is 2.07. The Morgan fingerprint density at radius 3 is 2.71 bits per heavy atom. The fourth-order valence-corrected chi connectivity index (χ4v) is 2.18. The van der Waals surface area contributed by atoms with Crippen molar-refractivity contribution in [3.63, 3.8) is 0 Å². The molecule has 0 bridgehead atoms. The van der Waals surface area contributed by atoms with E-state index in [0.29, 0.717) is 30.0 Å². The summed E-state index contributed by atoms with van der Waals surface area (Å²) in [7, 11) is 0. The van der Waals surface area contributed by atoms with Crippen LogP contribution in [-0.2, 0) is 6.42 Å². The molecule has 0 unspecified atom stereocenters. The molecule has 3 N–H and O–H groups in total. The second-order valence-corrected chi connectivity index (χ2v) is 5.00. The zero-order valence-corrected chi connectivity index (χ0v) is 12.1. The van der Waals surface area contributed by atoms with Crippen LogP contribution in [0.15, 0.2) is 30.3 Å². The number of hydrogen-bond donors (Lipinski definition) is 2. The molecule has 0 spiro atoms. The van der Waals surface area contributed by atoms with Gasteiger partial charge in [-0.15, -0.1) is 0 Å². The van der Waals surface area contributed by atoms with Crippen molar-refractivity contribution in [2.75, 3.05) is 12.3 Å². The summed E-state index contributed by atoms with van der Waals surface area (Å²) in [5, 5.41) is 2.83. The van der Waals surface area contributed by atoms with E-state index in [2.05, 4.69) is 10.3 Å². The Bertz CT molecular complexity index is 650. The summed E-state index contributed by atoms with van der Waals surface area (Å²) in [5.74, 6) is -0.107. The molecule has 0 aliphatic heterocycles. The lowest BCUT2D eigenvalue weighted by atomic mass is 10.1. The predicted molar refractivity (Wildman–Crippen MR) is 80.6 cm³/mol. The molecule has 110 valence electrons. The molecule has 0 saturated carbocycles. The SMILES string of the molecule is Cc1cc(C(=O)NCCc2ccc(F)cc2C)cc(N)n1. The average molecular weight is 287 g/mol. The lowest BCUT2D eigenvalue weighted by molar-refractivity contribution is 0.0954. The van der Waals surface area contributed by atoms with Crippen LogP contribution in [0.1, 0.15) is 27.2 Å². The summed E-state index contributed by atoms with van der Waals surface area (Å²) in [6.45, 7) is 4.12. The number of pyridine rings is 1. The van der Waals surface area contributed by atoms with E-state index in [-0.39, 0.29) is 11.7 Å². The number of benzene rings is 1. The van der Waals surface area contributed by atoms with Crippen molar-refractivity contribution in [3.8, 4) is 0 Å². The number of nitrogens with zero attached hydrogens (tertiary/aromatic N) is 1. The van der Waals surface area contributed by atoms with E-state index in [1.165, 1.54) is 12.1 Å². The molecule has 4 nitrogen and oxygen atoms in total. The third-order valence-corrected chi connectivity index (χ3v) is 3.22. The highest BCUT2D eigenvalue weighted by atomic mass is 19.1. The number of aromatic nitrogens is 1. The van der Waals surface area contributed by atoms with Gasteiger partial charge in [-0.1, -0.05) is 6.07 Å². The van der Waals surface area contributed by atoms with Crippen LogP contribution in [0, 0.1) is 19.7 Å². The molecule has 0 radical (unpaired) electrons. The monoisotopic (exact) mass is 287 g/mol. The Labute approximate surface area is 123 Å². The highest BCUT2D eigenvalue weighted by Crippen LogP contribution is 2.11. The third-order valence-electron chi connectivity index (χ3n) is 3.22. The normalized spacial score (nSPS) is 10.4. The van der Waals surface area contributed by atoms with Crippen molar-refractivity contribution in [2.24, 2.45) is 0 Å². The summed E-state index contributed by atoms with van der Waals surface area (Å²) in [6, 6.07) is 7.90. The van der Waals surface area contributed by atoms with E-state index in [1.807, 2.05) is 6.92 Å². The second-order valence-electron chi connectivity index (χ2n) is 5.00. The molecule has 0 aliphatic carbocycles. The molecular weight excluding hydrogens is 269 g/mol. The van der Waals surface area contributed by atoms with Gasteiger partial charge in [-0.05, 0) is 55.7 Å². The topological polar surface area (TPSA) is 68.0 Å². The number of halogens is 1. The number of carbonyl (C=O) groups is 1. The predicted octanol–water partition coefficient (Wildman–Crippen LogP) is 2.39. The van der Waals surface area contributed by atoms with Gasteiger partial charge in [0.05, 0.1) is 0 Å². The molecule has 1 aromatic carbocycles. The molecule has 1 aromatic heterocycles. The molecular formula is C16H18FN3O. The summed E-state index contributed by atoms with van der Waals surface area (Å²) < 4.78 is 13.0. The lowest BCUT2D eigenvalue weighted by Gasteiger charge is -2.08. The first kappa shape index (κ1) is 15.0. The number of amides is 1. The minimum absolute atomic E-state index is 0.188. The number of aryl methyl sites for hydroxylation is 2. The second kappa shape index (κ2) is 6.35. The van der Waals surface area contributed by atoms with Gasteiger partial charge in [0, 0.05) is 17.8 Å². The summed E-state index contributed by atoms with van der Waals surface area (Å²) in [5.41, 5.74) is 8.72.